The molecule has 0 bridgehead atoms. The summed E-state index contributed by atoms with van der Waals surface area (Å²) in [4.78, 5) is 13.5. The Kier molecular flexibility index (Phi) is 7.68. The Balaban J connectivity index is 0.00000225. The first kappa shape index (κ1) is 15.0. The Morgan fingerprint density at radius 3 is 2.62 bits per heavy atom. The fraction of sp³-hybridized carbons (Fsp3) is 0.545. The minimum Gasteiger partial charge on any atom is -0.458 e. The number of hydrogen-bond acceptors (Lipinski definition) is 4. The van der Waals surface area contributed by atoms with E-state index in [4.69, 9.17) is 9.15 Å². The van der Waals surface area contributed by atoms with Crippen LogP contribution in [0, 0.1) is 0 Å². The van der Waals surface area contributed by atoms with Crippen molar-refractivity contribution in [2.75, 3.05) is 26.2 Å². The Labute approximate surface area is 102 Å². The maximum atomic E-state index is 11.3. The van der Waals surface area contributed by atoms with E-state index in [-0.39, 0.29) is 18.2 Å². The van der Waals surface area contributed by atoms with Crippen molar-refractivity contribution < 1.29 is 13.9 Å². The number of rotatable bonds is 6. The van der Waals surface area contributed by atoms with Crippen LogP contribution in [0.2, 0.25) is 0 Å². The van der Waals surface area contributed by atoms with Gasteiger partial charge in [-0.2, -0.15) is 0 Å². The van der Waals surface area contributed by atoms with Crippen LogP contribution in [0.4, 0.5) is 0 Å². The molecule has 1 aromatic heterocycles. The second-order valence-corrected chi connectivity index (χ2v) is 3.14. The van der Waals surface area contributed by atoms with E-state index in [0.29, 0.717) is 6.61 Å². The summed E-state index contributed by atoms with van der Waals surface area (Å²) in [6, 6.07) is 3.26. The fourth-order valence-electron chi connectivity index (χ4n) is 1.27. The number of ether oxygens (including phenoxy) is 1. The van der Waals surface area contributed by atoms with Crippen molar-refractivity contribution in [2.45, 2.75) is 13.8 Å². The lowest BCUT2D eigenvalue weighted by molar-refractivity contribution is 0.0431. The molecule has 0 radical (unpaired) electrons. The second kappa shape index (κ2) is 8.19. The topological polar surface area (TPSA) is 42.7 Å². The van der Waals surface area contributed by atoms with Crippen LogP contribution in [0.1, 0.15) is 24.4 Å². The maximum Gasteiger partial charge on any atom is 0.374 e. The molecule has 16 heavy (non-hydrogen) atoms. The zero-order chi connectivity index (χ0) is 11.1. The minimum atomic E-state index is -0.396. The molecule has 1 aromatic rings. The highest BCUT2D eigenvalue weighted by atomic mass is 35.5. The predicted molar refractivity (Wildman–Crippen MR) is 64.0 cm³/mol. The molecule has 0 aliphatic carbocycles. The van der Waals surface area contributed by atoms with E-state index in [1.165, 1.54) is 6.26 Å². The Hall–Kier alpha value is -1.00. The molecule has 0 amide bonds. The first-order chi connectivity index (χ1) is 7.27. The summed E-state index contributed by atoms with van der Waals surface area (Å²) in [7, 11) is 0. The maximum absolute atomic E-state index is 11.3. The summed E-state index contributed by atoms with van der Waals surface area (Å²) in [6.07, 6.45) is 1.46. The van der Waals surface area contributed by atoms with Crippen molar-refractivity contribution in [2.24, 2.45) is 0 Å². The van der Waals surface area contributed by atoms with Gasteiger partial charge in [-0.25, -0.2) is 4.79 Å². The molecule has 5 heteroatoms. The molecule has 0 atom stereocenters. The number of esters is 1. The molecule has 92 valence electrons. The van der Waals surface area contributed by atoms with Crippen LogP contribution in [0.5, 0.6) is 0 Å². The molecule has 0 saturated carbocycles. The van der Waals surface area contributed by atoms with Crippen molar-refractivity contribution >= 4 is 18.4 Å². The first-order valence-corrected chi connectivity index (χ1v) is 5.20. The van der Waals surface area contributed by atoms with Gasteiger partial charge in [-0.05, 0) is 25.2 Å². The van der Waals surface area contributed by atoms with Gasteiger partial charge in [0.1, 0.15) is 6.61 Å². The highest BCUT2D eigenvalue weighted by Crippen LogP contribution is 2.02. The number of halogens is 1. The van der Waals surface area contributed by atoms with Crippen LogP contribution in [0.3, 0.4) is 0 Å². The standard InChI is InChI=1S/C11H17NO3.ClH/c1-3-12(4-2)7-9-15-11(13)10-6-5-8-14-10;/h5-6,8H,3-4,7,9H2,1-2H3;1H. The molecule has 0 fully saturated rings. The summed E-state index contributed by atoms with van der Waals surface area (Å²) in [5, 5.41) is 0. The molecular weight excluding hydrogens is 230 g/mol. The lowest BCUT2D eigenvalue weighted by Crippen LogP contribution is -2.27. The van der Waals surface area contributed by atoms with E-state index in [1.54, 1.807) is 12.1 Å². The monoisotopic (exact) mass is 247 g/mol. The van der Waals surface area contributed by atoms with Crippen molar-refractivity contribution in [3.8, 4) is 0 Å². The average molecular weight is 248 g/mol. The van der Waals surface area contributed by atoms with E-state index in [9.17, 15) is 4.79 Å². The highest BCUT2D eigenvalue weighted by molar-refractivity contribution is 5.86. The molecule has 0 aliphatic rings. The third-order valence-corrected chi connectivity index (χ3v) is 2.26. The summed E-state index contributed by atoms with van der Waals surface area (Å²) in [5.41, 5.74) is 0. The van der Waals surface area contributed by atoms with E-state index in [1.807, 2.05) is 0 Å². The lowest BCUT2D eigenvalue weighted by Gasteiger charge is -2.17. The highest BCUT2D eigenvalue weighted by Gasteiger charge is 2.09. The SMILES string of the molecule is CCN(CC)CCOC(=O)c1ccco1.Cl. The molecule has 1 rings (SSSR count). The number of hydrogen-bond donors (Lipinski definition) is 0. The van der Waals surface area contributed by atoms with Crippen molar-refractivity contribution in [3.63, 3.8) is 0 Å². The van der Waals surface area contributed by atoms with Crippen LogP contribution in [-0.4, -0.2) is 37.1 Å². The summed E-state index contributed by atoms with van der Waals surface area (Å²) >= 11 is 0. The minimum absolute atomic E-state index is 0. The van der Waals surface area contributed by atoms with Crippen molar-refractivity contribution in [1.82, 2.24) is 4.90 Å². The van der Waals surface area contributed by atoms with Crippen molar-refractivity contribution in [3.05, 3.63) is 24.2 Å². The quantitative estimate of drug-likeness (QED) is 0.723. The van der Waals surface area contributed by atoms with Crippen LogP contribution in [0.15, 0.2) is 22.8 Å². The van der Waals surface area contributed by atoms with Gasteiger partial charge in [0, 0.05) is 6.54 Å². The van der Waals surface area contributed by atoms with Crippen LogP contribution >= 0.6 is 12.4 Å². The largest absolute Gasteiger partial charge is 0.458 e. The lowest BCUT2D eigenvalue weighted by atomic mass is 10.4. The van der Waals surface area contributed by atoms with Crippen LogP contribution < -0.4 is 0 Å². The van der Waals surface area contributed by atoms with Gasteiger partial charge in [0.25, 0.3) is 0 Å². The van der Waals surface area contributed by atoms with Gasteiger partial charge in [0.2, 0.25) is 5.76 Å². The third kappa shape index (κ3) is 4.68. The van der Waals surface area contributed by atoms with E-state index < -0.39 is 5.97 Å². The number of likely N-dealkylation sites (N-methyl/N-ethyl adjacent to an activating group) is 1. The van der Waals surface area contributed by atoms with Gasteiger partial charge in [0.15, 0.2) is 0 Å². The summed E-state index contributed by atoms with van der Waals surface area (Å²) < 4.78 is 9.96. The zero-order valence-electron chi connectivity index (χ0n) is 9.64. The number of carbonyl (C=O) groups excluding carboxylic acids is 1. The third-order valence-electron chi connectivity index (χ3n) is 2.26. The van der Waals surface area contributed by atoms with E-state index >= 15 is 0 Å². The number of nitrogens with zero attached hydrogens (tertiary/aromatic N) is 1. The number of carbonyl (C=O) groups is 1. The smallest absolute Gasteiger partial charge is 0.374 e. The van der Waals surface area contributed by atoms with Gasteiger partial charge in [-0.3, -0.25) is 0 Å². The zero-order valence-corrected chi connectivity index (χ0v) is 10.5. The van der Waals surface area contributed by atoms with E-state index in [0.717, 1.165) is 19.6 Å². The average Bonchev–Trinajstić information content (AvgIpc) is 2.77. The van der Waals surface area contributed by atoms with Crippen molar-refractivity contribution in [1.29, 1.82) is 0 Å². The molecule has 1 heterocycles. The van der Waals surface area contributed by atoms with E-state index in [2.05, 4.69) is 18.7 Å². The van der Waals surface area contributed by atoms with Gasteiger partial charge in [-0.1, -0.05) is 13.8 Å². The molecule has 0 aromatic carbocycles. The van der Waals surface area contributed by atoms with Gasteiger partial charge >= 0.3 is 5.97 Å². The summed E-state index contributed by atoms with van der Waals surface area (Å²) in [6.45, 7) is 7.26. The Bertz CT molecular complexity index is 283. The molecule has 0 aliphatic heterocycles. The van der Waals surface area contributed by atoms with Gasteiger partial charge in [-0.15, -0.1) is 12.4 Å². The molecular formula is C11H18ClNO3. The predicted octanol–water partition coefficient (Wildman–Crippen LogP) is 2.20. The molecule has 0 N–H and O–H groups in total. The molecule has 4 nitrogen and oxygen atoms in total. The molecule has 0 saturated heterocycles. The normalized spacial score (nSPS) is 9.94. The van der Waals surface area contributed by atoms with Crippen LogP contribution in [0.25, 0.3) is 0 Å². The Morgan fingerprint density at radius 1 is 1.44 bits per heavy atom. The molecule has 0 unspecified atom stereocenters. The van der Waals surface area contributed by atoms with Crippen LogP contribution in [-0.2, 0) is 4.74 Å². The molecule has 0 spiro atoms. The summed E-state index contributed by atoms with van der Waals surface area (Å²) in [5.74, 6) is -0.137. The number of furan rings is 1. The van der Waals surface area contributed by atoms with Gasteiger partial charge in [0.05, 0.1) is 6.26 Å². The first-order valence-electron chi connectivity index (χ1n) is 5.20. The second-order valence-electron chi connectivity index (χ2n) is 3.14. The van der Waals surface area contributed by atoms with Gasteiger partial charge < -0.3 is 14.1 Å². The Morgan fingerprint density at radius 2 is 2.12 bits per heavy atom. The fourth-order valence-corrected chi connectivity index (χ4v) is 1.27.